The third kappa shape index (κ3) is 3.93. The molecule has 0 spiro atoms. The molecule has 0 N–H and O–H groups in total. The second kappa shape index (κ2) is 8.83. The molecule has 0 amide bonds. The van der Waals surface area contributed by atoms with Crippen molar-refractivity contribution < 1.29 is 14.3 Å². The van der Waals surface area contributed by atoms with Crippen molar-refractivity contribution in [3.05, 3.63) is 65.6 Å². The van der Waals surface area contributed by atoms with Gasteiger partial charge < -0.3 is 14.0 Å². The number of allylic oxidation sites excluding steroid dienone is 1. The zero-order chi connectivity index (χ0) is 22.9. The highest BCUT2D eigenvalue weighted by atomic mass is 32.1. The van der Waals surface area contributed by atoms with Crippen LogP contribution in [0.3, 0.4) is 0 Å². The number of rotatable bonds is 7. The van der Waals surface area contributed by atoms with Gasteiger partial charge in [-0.15, -0.1) is 0 Å². The minimum Gasteiger partial charge on any atom is -0.497 e. The number of carbonyl (C=O) groups is 1. The molecule has 0 aliphatic heterocycles. The monoisotopic (exact) mass is 459 g/mol. The fourth-order valence-electron chi connectivity index (χ4n) is 4.58. The summed E-state index contributed by atoms with van der Waals surface area (Å²) in [6.45, 7) is 4.88. The number of fused-ring (bicyclic) bond motifs is 2. The molecule has 0 saturated heterocycles. The van der Waals surface area contributed by atoms with E-state index in [0.717, 1.165) is 51.3 Å². The molecule has 2 heterocycles. The second-order valence-corrected chi connectivity index (χ2v) is 8.68. The Morgan fingerprint density at radius 2 is 1.94 bits per heavy atom. The van der Waals surface area contributed by atoms with Gasteiger partial charge in [-0.05, 0) is 48.9 Å². The summed E-state index contributed by atoms with van der Waals surface area (Å²) in [7, 11) is 1.65. The quantitative estimate of drug-likeness (QED) is 0.334. The molecule has 0 bridgehead atoms. The van der Waals surface area contributed by atoms with Crippen LogP contribution in [0.25, 0.3) is 28.1 Å². The summed E-state index contributed by atoms with van der Waals surface area (Å²) in [6, 6.07) is 13.9. The van der Waals surface area contributed by atoms with Gasteiger partial charge >= 0.3 is 0 Å². The van der Waals surface area contributed by atoms with Crippen molar-refractivity contribution in [2.24, 2.45) is 5.92 Å². The maximum atomic E-state index is 13.0. The van der Waals surface area contributed by atoms with Crippen LogP contribution in [0, 0.1) is 5.92 Å². The molecule has 0 saturated carbocycles. The van der Waals surface area contributed by atoms with Gasteiger partial charge in [-0.3, -0.25) is 4.79 Å². The summed E-state index contributed by atoms with van der Waals surface area (Å²) < 4.78 is 22.1. The van der Waals surface area contributed by atoms with E-state index in [-0.39, 0.29) is 11.7 Å². The number of benzene rings is 2. The molecule has 1 unspecified atom stereocenters. The van der Waals surface area contributed by atoms with Crippen LogP contribution in [0.4, 0.5) is 0 Å². The first-order valence-electron chi connectivity index (χ1n) is 11.0. The number of nitrogens with zero attached hydrogens (tertiary/aromatic N) is 3. The Labute approximate surface area is 196 Å². The molecular weight excluding hydrogens is 434 g/mol. The third-order valence-corrected chi connectivity index (χ3v) is 6.62. The summed E-state index contributed by atoms with van der Waals surface area (Å²) in [6.07, 6.45) is 5.04. The Bertz CT molecular complexity index is 1350. The highest BCUT2D eigenvalue weighted by Crippen LogP contribution is 2.39. The van der Waals surface area contributed by atoms with Gasteiger partial charge in [-0.2, -0.15) is 8.75 Å². The number of methoxy groups -OCH3 is 1. The van der Waals surface area contributed by atoms with Crippen molar-refractivity contribution in [3.63, 3.8) is 0 Å². The lowest BCUT2D eigenvalue weighted by atomic mass is 9.96. The lowest BCUT2D eigenvalue weighted by Crippen LogP contribution is -2.17. The molecule has 1 aliphatic carbocycles. The number of hydrogen-bond donors (Lipinski definition) is 0. The first kappa shape index (κ1) is 21.4. The molecule has 7 heteroatoms. The number of ketones is 1. The van der Waals surface area contributed by atoms with Gasteiger partial charge in [0, 0.05) is 42.3 Å². The fraction of sp³-hybridized carbons (Fsp3) is 0.269. The Morgan fingerprint density at radius 1 is 1.15 bits per heavy atom. The van der Waals surface area contributed by atoms with Crippen LogP contribution in [-0.4, -0.2) is 32.8 Å². The molecule has 1 atom stereocenters. The van der Waals surface area contributed by atoms with Gasteiger partial charge in [0.05, 0.1) is 42.5 Å². The number of carbonyl (C=O) groups excluding carboxylic acids is 1. The highest BCUT2D eigenvalue weighted by Gasteiger charge is 2.25. The van der Waals surface area contributed by atoms with Gasteiger partial charge in [0.15, 0.2) is 5.78 Å². The highest BCUT2D eigenvalue weighted by molar-refractivity contribution is 6.99. The van der Waals surface area contributed by atoms with E-state index in [0.29, 0.717) is 18.8 Å². The van der Waals surface area contributed by atoms with Crippen LogP contribution >= 0.6 is 11.7 Å². The molecule has 6 nitrogen and oxygen atoms in total. The van der Waals surface area contributed by atoms with Crippen molar-refractivity contribution in [1.82, 2.24) is 13.3 Å². The van der Waals surface area contributed by atoms with Crippen LogP contribution in [0.5, 0.6) is 11.5 Å². The van der Waals surface area contributed by atoms with E-state index in [1.54, 1.807) is 14.0 Å². The zero-order valence-electron chi connectivity index (χ0n) is 18.9. The lowest BCUT2D eigenvalue weighted by Gasteiger charge is -2.19. The van der Waals surface area contributed by atoms with E-state index in [9.17, 15) is 4.79 Å². The SMILES string of the molecule is CCOc1ccc2c(c1)c(-c1ccc(OC)cc1)c(C(C)=O)n2CC1C=Cc2nsnc2C1. The van der Waals surface area contributed by atoms with Crippen LogP contribution in [-0.2, 0) is 13.0 Å². The standard InChI is InChI=1S/C26H25N3O3S/c1-4-32-20-10-12-24-21(14-20)25(18-6-8-19(31-3)9-7-18)26(16(2)30)29(24)15-17-5-11-22-23(13-17)28-33-27-22/h5-12,14,17H,4,13,15H2,1-3H3. The Hall–Kier alpha value is -3.45. The molecule has 2 aromatic heterocycles. The van der Waals surface area contributed by atoms with E-state index in [2.05, 4.69) is 25.5 Å². The van der Waals surface area contributed by atoms with Gasteiger partial charge in [0.2, 0.25) is 0 Å². The molecule has 4 aromatic rings. The van der Waals surface area contributed by atoms with Crippen molar-refractivity contribution in [1.29, 1.82) is 0 Å². The Kier molecular flexibility index (Phi) is 5.72. The number of aromatic nitrogens is 3. The Morgan fingerprint density at radius 3 is 2.67 bits per heavy atom. The van der Waals surface area contributed by atoms with E-state index >= 15 is 0 Å². The van der Waals surface area contributed by atoms with E-state index in [4.69, 9.17) is 9.47 Å². The largest absolute Gasteiger partial charge is 0.497 e. The van der Waals surface area contributed by atoms with Gasteiger partial charge in [0.25, 0.3) is 0 Å². The normalized spacial score (nSPS) is 14.9. The van der Waals surface area contributed by atoms with Crippen LogP contribution in [0.1, 0.15) is 35.7 Å². The molecule has 0 radical (unpaired) electrons. The predicted molar refractivity (Wildman–Crippen MR) is 131 cm³/mol. The Balaban J connectivity index is 1.67. The van der Waals surface area contributed by atoms with Crippen molar-refractivity contribution in [2.75, 3.05) is 13.7 Å². The smallest absolute Gasteiger partial charge is 0.176 e. The summed E-state index contributed by atoms with van der Waals surface area (Å²) in [4.78, 5) is 13.0. The first-order chi connectivity index (χ1) is 16.1. The molecule has 5 rings (SSSR count). The average molecular weight is 460 g/mol. The third-order valence-electron chi connectivity index (χ3n) is 6.04. The maximum Gasteiger partial charge on any atom is 0.176 e. The molecule has 1 aliphatic rings. The van der Waals surface area contributed by atoms with E-state index in [1.165, 1.54) is 11.7 Å². The average Bonchev–Trinajstić information content (AvgIpc) is 3.41. The zero-order valence-corrected chi connectivity index (χ0v) is 19.7. The van der Waals surface area contributed by atoms with E-state index < -0.39 is 0 Å². The van der Waals surface area contributed by atoms with Crippen LogP contribution in [0.2, 0.25) is 0 Å². The van der Waals surface area contributed by atoms with Crippen molar-refractivity contribution in [3.8, 4) is 22.6 Å². The molecular formula is C26H25N3O3S. The molecule has 2 aromatic carbocycles. The summed E-state index contributed by atoms with van der Waals surface area (Å²) in [5.41, 5.74) is 5.62. The van der Waals surface area contributed by atoms with Crippen molar-refractivity contribution in [2.45, 2.75) is 26.8 Å². The fourth-order valence-corrected chi connectivity index (χ4v) is 5.14. The number of ether oxygens (including phenoxy) is 2. The summed E-state index contributed by atoms with van der Waals surface area (Å²) in [5.74, 6) is 1.83. The predicted octanol–water partition coefficient (Wildman–Crippen LogP) is 5.66. The summed E-state index contributed by atoms with van der Waals surface area (Å²) >= 11 is 1.25. The van der Waals surface area contributed by atoms with E-state index in [1.807, 2.05) is 49.4 Å². The number of Topliss-reactive ketones (excluding diaryl/α,β-unsaturated/α-hetero) is 1. The minimum absolute atomic E-state index is 0.0331. The lowest BCUT2D eigenvalue weighted by molar-refractivity contribution is 0.100. The maximum absolute atomic E-state index is 13.0. The van der Waals surface area contributed by atoms with Crippen LogP contribution < -0.4 is 9.47 Å². The number of hydrogen-bond acceptors (Lipinski definition) is 6. The van der Waals surface area contributed by atoms with Gasteiger partial charge in [0.1, 0.15) is 11.5 Å². The minimum atomic E-state index is 0.0331. The summed E-state index contributed by atoms with van der Waals surface area (Å²) in [5, 5.41) is 1.01. The van der Waals surface area contributed by atoms with Crippen LogP contribution in [0.15, 0.2) is 48.5 Å². The molecule has 33 heavy (non-hydrogen) atoms. The first-order valence-corrected chi connectivity index (χ1v) is 11.8. The topological polar surface area (TPSA) is 66.2 Å². The van der Waals surface area contributed by atoms with Gasteiger partial charge in [-0.25, -0.2) is 0 Å². The van der Waals surface area contributed by atoms with Gasteiger partial charge in [-0.1, -0.05) is 18.2 Å². The second-order valence-electron chi connectivity index (χ2n) is 8.15. The van der Waals surface area contributed by atoms with Crippen molar-refractivity contribution >= 4 is 34.5 Å². The molecule has 168 valence electrons. The molecule has 0 fully saturated rings.